The van der Waals surface area contributed by atoms with E-state index in [-0.39, 0.29) is 35.9 Å². The van der Waals surface area contributed by atoms with Crippen LogP contribution >= 0.6 is 37.0 Å². The zero-order valence-corrected chi connectivity index (χ0v) is 44.3. The molecule has 15 heteroatoms. The highest BCUT2D eigenvalue weighted by Crippen LogP contribution is 2.14. The molecular formula is C53H78N4O8S3. The molecule has 6 N–H and O–H groups in total. The third-order valence-corrected chi connectivity index (χ3v) is 10.5. The Bertz CT molecular complexity index is 1900. The predicted octanol–water partition coefficient (Wildman–Crippen LogP) is 10.1. The average molecular weight is 995 g/mol. The first-order valence-electron chi connectivity index (χ1n) is 22.8. The molecule has 0 radical (unpaired) electrons. The van der Waals surface area contributed by atoms with Gasteiger partial charge >= 0.3 is 18.3 Å². The molecule has 3 amide bonds. The maximum Gasteiger partial charge on any atom is 0.407 e. The van der Waals surface area contributed by atoms with Crippen molar-refractivity contribution >= 4 is 60.4 Å². The van der Waals surface area contributed by atoms with Gasteiger partial charge in [0.1, 0.15) is 16.8 Å². The van der Waals surface area contributed by atoms with Crippen LogP contribution in [0.3, 0.4) is 0 Å². The van der Waals surface area contributed by atoms with Crippen molar-refractivity contribution in [2.75, 3.05) is 23.9 Å². The number of amides is 3. The number of hydrogen-bond donors (Lipinski definition) is 7. The molecular weight excluding hydrogens is 917 g/mol. The predicted molar refractivity (Wildman–Crippen MR) is 286 cm³/mol. The van der Waals surface area contributed by atoms with Gasteiger partial charge in [0.2, 0.25) is 0 Å². The van der Waals surface area contributed by atoms with Crippen LogP contribution in [-0.4, -0.2) is 93.3 Å². The van der Waals surface area contributed by atoms with Crippen LogP contribution in [0.5, 0.6) is 0 Å². The Morgan fingerprint density at radius 1 is 0.515 bits per heavy atom. The summed E-state index contributed by atoms with van der Waals surface area (Å²) in [6.07, 6.45) is 1.58. The summed E-state index contributed by atoms with van der Waals surface area (Å²) in [4.78, 5) is 46.2. The molecule has 4 rings (SSSR count). The first-order valence-corrected chi connectivity index (χ1v) is 25.0. The summed E-state index contributed by atoms with van der Waals surface area (Å²) in [7, 11) is 0. The number of nitrogens with one attached hydrogen (secondary N) is 3. The van der Waals surface area contributed by atoms with Crippen molar-refractivity contribution in [1.82, 2.24) is 16.0 Å². The van der Waals surface area contributed by atoms with Gasteiger partial charge in [0.25, 0.3) is 0 Å². The van der Waals surface area contributed by atoms with Crippen molar-refractivity contribution in [3.8, 4) is 0 Å². The number of hydrogen-bond acceptors (Lipinski definition) is 12. The molecule has 0 saturated carbocycles. The lowest BCUT2D eigenvalue weighted by atomic mass is 10.1. The lowest BCUT2D eigenvalue weighted by molar-refractivity contribution is -0.109. The summed E-state index contributed by atoms with van der Waals surface area (Å²) < 4.78 is 15.6. The highest BCUT2D eigenvalue weighted by Gasteiger charge is 2.22. The van der Waals surface area contributed by atoms with Gasteiger partial charge in [-0.2, -0.15) is 25.3 Å². The second-order valence-corrected chi connectivity index (χ2v) is 20.8. The number of nitrogens with two attached hydrogens (primary N) is 1. The second kappa shape index (κ2) is 33.0. The van der Waals surface area contributed by atoms with E-state index >= 15 is 0 Å². The summed E-state index contributed by atoms with van der Waals surface area (Å²) in [5.74, 6) is 1.85. The summed E-state index contributed by atoms with van der Waals surface area (Å²) in [6, 6.07) is 39.5. The number of aliphatic hydroxyl groups is 1. The number of thioether (sulfide) groups is 1. The number of rotatable bonds is 16. The van der Waals surface area contributed by atoms with E-state index in [1.54, 1.807) is 20.8 Å². The van der Waals surface area contributed by atoms with Crippen molar-refractivity contribution in [3.05, 3.63) is 144 Å². The second-order valence-electron chi connectivity index (χ2n) is 18.9. The van der Waals surface area contributed by atoms with E-state index < -0.39 is 35.1 Å². The fourth-order valence-electron chi connectivity index (χ4n) is 5.79. The molecule has 68 heavy (non-hydrogen) atoms. The molecule has 0 saturated heterocycles. The molecule has 0 heterocycles. The van der Waals surface area contributed by atoms with Gasteiger partial charge in [0.15, 0.2) is 5.12 Å². The van der Waals surface area contributed by atoms with Crippen molar-refractivity contribution in [2.24, 2.45) is 5.73 Å². The minimum atomic E-state index is -0.533. The van der Waals surface area contributed by atoms with E-state index in [0.29, 0.717) is 24.3 Å². The Labute approximate surface area is 421 Å². The zero-order chi connectivity index (χ0) is 51.2. The average Bonchev–Trinajstić information content (AvgIpc) is 3.25. The monoisotopic (exact) mass is 994 g/mol. The maximum atomic E-state index is 11.9. The zero-order valence-electron chi connectivity index (χ0n) is 41.7. The van der Waals surface area contributed by atoms with Crippen molar-refractivity contribution in [2.45, 2.75) is 136 Å². The molecule has 0 unspecified atom stereocenters. The van der Waals surface area contributed by atoms with Crippen molar-refractivity contribution in [1.29, 1.82) is 0 Å². The van der Waals surface area contributed by atoms with E-state index in [9.17, 15) is 24.3 Å². The fourth-order valence-corrected chi connectivity index (χ4v) is 6.78. The molecule has 12 nitrogen and oxygen atoms in total. The molecule has 0 fully saturated rings. The lowest BCUT2D eigenvalue weighted by Crippen LogP contribution is -2.42. The van der Waals surface area contributed by atoms with E-state index in [2.05, 4.69) is 53.3 Å². The largest absolute Gasteiger partial charge is 0.444 e. The molecule has 376 valence electrons. The van der Waals surface area contributed by atoms with Crippen LogP contribution in [0.1, 0.15) is 91.5 Å². The Morgan fingerprint density at radius 2 is 0.809 bits per heavy atom. The highest BCUT2D eigenvalue weighted by atomic mass is 32.2. The third kappa shape index (κ3) is 33.7. The standard InChI is InChI=1S/C16H23NO3S.C14H21NO3.C14H21NO2S.C9H13NS/c1-12(18)21-11-14(10-13-8-6-5-7-9-13)17-15(19)20-16(2,3)4;1-14(2,3)18-13(17)15-12(10-16)9-11-7-5-4-6-8-11;1-14(2,3)17-13(16)15-12(10-18)9-11-7-5-4-6-8-11;10-9(7-11)6-8-4-2-1-3-5-8/h5-9,14H,10-11H2,1-4H3,(H,17,19);4-8,12,16H,9-10H2,1-3H3,(H,15,17);4-8,12,18H,9-10H2,1-3H3,(H,15,16);1-5,9,11H,6-7,10H2/t14-;2*12-;9-/m1111/s1. The Kier molecular flexibility index (Phi) is 29.7. The van der Waals surface area contributed by atoms with Crippen molar-refractivity contribution < 1.29 is 38.5 Å². The molecule has 0 bridgehead atoms. The lowest BCUT2D eigenvalue weighted by Gasteiger charge is -2.23. The highest BCUT2D eigenvalue weighted by molar-refractivity contribution is 8.13. The number of carbonyl (C=O) groups excluding carboxylic acids is 4. The minimum Gasteiger partial charge on any atom is -0.444 e. The SMILES string of the molecule is CC(=O)SC[C@@H](Cc1ccccc1)NC(=O)OC(C)(C)C.CC(C)(C)OC(=O)N[C@@H](CO)Cc1ccccc1.CC(C)(C)OC(=O)N[C@@H](CS)Cc1ccccc1.N[C@@H](CS)Cc1ccccc1. The molecule has 4 atom stereocenters. The smallest absolute Gasteiger partial charge is 0.407 e. The normalized spacial score (nSPS) is 12.8. The molecule has 0 aliphatic heterocycles. The number of thiol groups is 2. The molecule has 4 aromatic carbocycles. The van der Waals surface area contributed by atoms with Crippen LogP contribution in [-0.2, 0) is 44.7 Å². The summed E-state index contributed by atoms with van der Waals surface area (Å²) >= 11 is 9.59. The Morgan fingerprint density at radius 3 is 1.10 bits per heavy atom. The number of alkyl carbamates (subject to hydrolysis) is 3. The number of aliphatic hydroxyl groups excluding tert-OH is 1. The number of ether oxygens (including phenoxy) is 3. The van der Waals surface area contributed by atoms with Gasteiger partial charge in [0.05, 0.1) is 12.6 Å². The summed E-state index contributed by atoms with van der Waals surface area (Å²) in [6.45, 7) is 17.8. The number of benzene rings is 4. The van der Waals surface area contributed by atoms with E-state index in [0.717, 1.165) is 29.7 Å². The molecule has 4 aromatic rings. The van der Waals surface area contributed by atoms with E-state index in [4.69, 9.17) is 19.9 Å². The Balaban J connectivity index is 0.000000462. The van der Waals surface area contributed by atoms with Crippen LogP contribution in [0.15, 0.2) is 121 Å². The molecule has 0 aliphatic carbocycles. The summed E-state index contributed by atoms with van der Waals surface area (Å²) in [5.41, 5.74) is 8.83. The van der Waals surface area contributed by atoms with Gasteiger partial charge in [-0.05, 0) is 110 Å². The minimum absolute atomic E-state index is 0.0226. The van der Waals surface area contributed by atoms with Gasteiger partial charge in [-0.15, -0.1) is 0 Å². The molecule has 0 spiro atoms. The van der Waals surface area contributed by atoms with Gasteiger partial charge in [-0.3, -0.25) is 4.79 Å². The van der Waals surface area contributed by atoms with Crippen LogP contribution in [0.2, 0.25) is 0 Å². The van der Waals surface area contributed by atoms with Gasteiger partial charge < -0.3 is 41.0 Å². The fraction of sp³-hybridized carbons (Fsp3) is 0.472. The first kappa shape index (κ1) is 61.3. The molecule has 0 aromatic heterocycles. The Hall–Kier alpha value is -4.67. The third-order valence-electron chi connectivity index (χ3n) is 8.64. The van der Waals surface area contributed by atoms with E-state index in [1.807, 2.05) is 151 Å². The van der Waals surface area contributed by atoms with Gasteiger partial charge in [-0.1, -0.05) is 133 Å². The van der Waals surface area contributed by atoms with Crippen LogP contribution in [0.25, 0.3) is 0 Å². The van der Waals surface area contributed by atoms with Gasteiger partial charge in [-0.25, -0.2) is 14.4 Å². The van der Waals surface area contributed by atoms with Crippen LogP contribution in [0.4, 0.5) is 14.4 Å². The maximum absolute atomic E-state index is 11.9. The quantitative estimate of drug-likeness (QED) is 0.0422. The molecule has 0 aliphatic rings. The van der Waals surface area contributed by atoms with Crippen LogP contribution in [0, 0.1) is 0 Å². The first-order chi connectivity index (χ1) is 31.9. The topological polar surface area (TPSA) is 178 Å². The van der Waals surface area contributed by atoms with E-state index in [1.165, 1.54) is 29.8 Å². The van der Waals surface area contributed by atoms with Crippen molar-refractivity contribution in [3.63, 3.8) is 0 Å². The summed E-state index contributed by atoms with van der Waals surface area (Å²) in [5, 5.41) is 17.6. The number of carbonyl (C=O) groups is 4. The van der Waals surface area contributed by atoms with Gasteiger partial charge in [0, 0.05) is 42.3 Å². The van der Waals surface area contributed by atoms with Crippen LogP contribution < -0.4 is 21.7 Å².